The highest BCUT2D eigenvalue weighted by Gasteiger charge is 2.10. The number of thioether (sulfide) groups is 1. The highest BCUT2D eigenvalue weighted by molar-refractivity contribution is 7.99. The summed E-state index contributed by atoms with van der Waals surface area (Å²) in [5.74, 6) is 0.772. The molecule has 18 heavy (non-hydrogen) atoms. The van der Waals surface area contributed by atoms with Crippen LogP contribution in [0.15, 0.2) is 17.0 Å². The number of hydrogen-bond acceptors (Lipinski definition) is 4. The van der Waals surface area contributed by atoms with Gasteiger partial charge in [0.2, 0.25) is 0 Å². The van der Waals surface area contributed by atoms with Gasteiger partial charge in [-0.3, -0.25) is 0 Å². The minimum Gasteiger partial charge on any atom is -0.465 e. The van der Waals surface area contributed by atoms with Crippen molar-refractivity contribution >= 4 is 35.3 Å². The summed E-state index contributed by atoms with van der Waals surface area (Å²) in [6.45, 7) is 7.99. The fourth-order valence-corrected chi connectivity index (χ4v) is 2.42. The normalized spacial score (nSPS) is 9.17. The molecule has 0 aliphatic carbocycles. The standard InChI is InChI=1S/C12H16O2S.C2H4S/c1-5-15-11-8(2)6-10(7-9(11)3)12(13)14-4;1-2-3/h6-7H,5H2,1-4H3;2H,1H3. The molecule has 100 valence electrons. The lowest BCUT2D eigenvalue weighted by atomic mass is 10.1. The predicted octanol–water partition coefficient (Wildman–Crippen LogP) is 4.21. The number of thiocarbonyl (C=S) groups is 1. The molecule has 0 N–H and O–H groups in total. The molecule has 0 aromatic heterocycles. The van der Waals surface area contributed by atoms with E-state index in [9.17, 15) is 4.79 Å². The van der Waals surface area contributed by atoms with Gasteiger partial charge in [-0.05, 0) is 55.2 Å². The van der Waals surface area contributed by atoms with Crippen LogP contribution >= 0.6 is 24.0 Å². The Morgan fingerprint density at radius 3 is 2.17 bits per heavy atom. The maximum Gasteiger partial charge on any atom is 0.337 e. The molecule has 2 nitrogen and oxygen atoms in total. The minimum atomic E-state index is -0.269. The van der Waals surface area contributed by atoms with E-state index in [1.807, 2.05) is 32.9 Å². The van der Waals surface area contributed by atoms with Crippen LogP contribution in [-0.2, 0) is 4.74 Å². The van der Waals surface area contributed by atoms with Crippen molar-refractivity contribution in [2.24, 2.45) is 0 Å². The fraction of sp³-hybridized carbons (Fsp3) is 0.429. The van der Waals surface area contributed by atoms with Crippen molar-refractivity contribution in [3.8, 4) is 0 Å². The Morgan fingerprint density at radius 2 is 1.83 bits per heavy atom. The molecular weight excluding hydrogens is 264 g/mol. The molecule has 4 heteroatoms. The Labute approximate surface area is 119 Å². The molecule has 1 rings (SSSR count). The van der Waals surface area contributed by atoms with Crippen molar-refractivity contribution in [2.75, 3.05) is 12.9 Å². The zero-order valence-corrected chi connectivity index (χ0v) is 13.2. The van der Waals surface area contributed by atoms with Gasteiger partial charge in [-0.2, -0.15) is 0 Å². The SMILES string of the molecule is CC=S.CCSc1c(C)cc(C(=O)OC)cc1C. The molecule has 0 saturated heterocycles. The second kappa shape index (κ2) is 9.11. The van der Waals surface area contributed by atoms with Crippen LogP contribution < -0.4 is 0 Å². The Bertz CT molecular complexity index is 391. The van der Waals surface area contributed by atoms with E-state index in [1.165, 1.54) is 12.0 Å². The second-order valence-corrected chi connectivity index (χ2v) is 5.35. The first kappa shape index (κ1) is 17.1. The number of benzene rings is 1. The Kier molecular flexibility index (Phi) is 8.67. The molecule has 0 aliphatic rings. The summed E-state index contributed by atoms with van der Waals surface area (Å²) < 4.78 is 4.70. The zero-order valence-electron chi connectivity index (χ0n) is 11.6. The van der Waals surface area contributed by atoms with Crippen molar-refractivity contribution in [3.63, 3.8) is 0 Å². The van der Waals surface area contributed by atoms with E-state index in [4.69, 9.17) is 4.74 Å². The van der Waals surface area contributed by atoms with Gasteiger partial charge < -0.3 is 4.74 Å². The summed E-state index contributed by atoms with van der Waals surface area (Å²) in [5, 5.41) is 1.58. The molecule has 0 aliphatic heterocycles. The number of hydrogen-bond donors (Lipinski definition) is 0. The molecule has 0 amide bonds. The molecule has 0 radical (unpaired) electrons. The van der Waals surface area contributed by atoms with E-state index in [-0.39, 0.29) is 5.97 Å². The van der Waals surface area contributed by atoms with Gasteiger partial charge >= 0.3 is 5.97 Å². The third-order valence-electron chi connectivity index (χ3n) is 2.17. The minimum absolute atomic E-state index is 0.269. The van der Waals surface area contributed by atoms with Crippen molar-refractivity contribution < 1.29 is 9.53 Å². The zero-order chi connectivity index (χ0) is 14.1. The molecule has 0 unspecified atom stereocenters. The van der Waals surface area contributed by atoms with Crippen molar-refractivity contribution in [1.29, 1.82) is 0 Å². The van der Waals surface area contributed by atoms with Gasteiger partial charge in [0.15, 0.2) is 0 Å². The first-order valence-corrected chi connectivity index (χ1v) is 7.19. The van der Waals surface area contributed by atoms with Gasteiger partial charge in [0.05, 0.1) is 12.7 Å². The number of esters is 1. The Hall–Kier alpha value is -0.870. The van der Waals surface area contributed by atoms with E-state index in [0.717, 1.165) is 16.9 Å². The van der Waals surface area contributed by atoms with Crippen LogP contribution in [-0.4, -0.2) is 24.2 Å². The first-order valence-electron chi connectivity index (χ1n) is 5.73. The lowest BCUT2D eigenvalue weighted by molar-refractivity contribution is 0.0600. The van der Waals surface area contributed by atoms with Gasteiger partial charge in [-0.25, -0.2) is 4.79 Å². The van der Waals surface area contributed by atoms with E-state index < -0.39 is 0 Å². The highest BCUT2D eigenvalue weighted by Crippen LogP contribution is 2.27. The molecule has 0 heterocycles. The second-order valence-electron chi connectivity index (χ2n) is 3.60. The quantitative estimate of drug-likeness (QED) is 0.472. The maximum atomic E-state index is 11.4. The van der Waals surface area contributed by atoms with Gasteiger partial charge in [-0.1, -0.05) is 19.1 Å². The number of methoxy groups -OCH3 is 1. The average Bonchev–Trinajstić information content (AvgIpc) is 2.33. The van der Waals surface area contributed by atoms with E-state index in [1.54, 1.807) is 17.1 Å². The summed E-state index contributed by atoms with van der Waals surface area (Å²) in [5.41, 5.74) is 2.91. The highest BCUT2D eigenvalue weighted by atomic mass is 32.2. The largest absolute Gasteiger partial charge is 0.465 e. The lowest BCUT2D eigenvalue weighted by Gasteiger charge is -2.10. The summed E-state index contributed by atoms with van der Waals surface area (Å²) in [7, 11) is 1.40. The van der Waals surface area contributed by atoms with Gasteiger partial charge in [0.1, 0.15) is 0 Å². The average molecular weight is 284 g/mol. The van der Waals surface area contributed by atoms with Crippen LogP contribution in [0, 0.1) is 13.8 Å². The van der Waals surface area contributed by atoms with Gasteiger partial charge in [0.25, 0.3) is 0 Å². The van der Waals surface area contributed by atoms with E-state index in [0.29, 0.717) is 5.56 Å². The van der Waals surface area contributed by atoms with Gasteiger partial charge in [-0.15, -0.1) is 11.8 Å². The Balaban J connectivity index is 0.000000873. The molecule has 1 aromatic rings. The number of carbonyl (C=O) groups excluding carboxylic acids is 1. The third-order valence-corrected chi connectivity index (χ3v) is 3.39. The molecule has 0 fully saturated rings. The van der Waals surface area contributed by atoms with Crippen LogP contribution in [0.25, 0.3) is 0 Å². The van der Waals surface area contributed by atoms with Gasteiger partial charge in [0, 0.05) is 4.90 Å². The third kappa shape index (κ3) is 5.19. The molecule has 0 saturated carbocycles. The number of carbonyl (C=O) groups is 1. The molecular formula is C14H20O2S2. The van der Waals surface area contributed by atoms with E-state index >= 15 is 0 Å². The number of rotatable bonds is 3. The van der Waals surface area contributed by atoms with Crippen LogP contribution in [0.5, 0.6) is 0 Å². The lowest BCUT2D eigenvalue weighted by Crippen LogP contribution is -2.03. The summed E-state index contributed by atoms with van der Waals surface area (Å²) in [4.78, 5) is 12.6. The monoisotopic (exact) mass is 284 g/mol. The molecule has 1 aromatic carbocycles. The molecule has 0 spiro atoms. The van der Waals surface area contributed by atoms with Crippen LogP contribution in [0.2, 0.25) is 0 Å². The summed E-state index contributed by atoms with van der Waals surface area (Å²) >= 11 is 6.07. The Morgan fingerprint density at radius 1 is 1.39 bits per heavy atom. The van der Waals surface area contributed by atoms with E-state index in [2.05, 4.69) is 19.1 Å². The van der Waals surface area contributed by atoms with Crippen molar-refractivity contribution in [2.45, 2.75) is 32.6 Å². The fourth-order valence-electron chi connectivity index (χ4n) is 1.56. The van der Waals surface area contributed by atoms with Crippen LogP contribution in [0.4, 0.5) is 0 Å². The molecule has 0 bridgehead atoms. The first-order chi connectivity index (χ1) is 8.51. The molecule has 0 atom stereocenters. The van der Waals surface area contributed by atoms with Crippen LogP contribution in [0.3, 0.4) is 0 Å². The topological polar surface area (TPSA) is 26.3 Å². The summed E-state index contributed by atoms with van der Waals surface area (Å²) in [6, 6.07) is 3.77. The van der Waals surface area contributed by atoms with Crippen LogP contribution in [0.1, 0.15) is 35.3 Å². The van der Waals surface area contributed by atoms with Crippen molar-refractivity contribution in [1.82, 2.24) is 0 Å². The predicted molar refractivity (Wildman–Crippen MR) is 83.0 cm³/mol. The van der Waals surface area contributed by atoms with Crippen molar-refractivity contribution in [3.05, 3.63) is 28.8 Å². The summed E-state index contributed by atoms with van der Waals surface area (Å²) in [6.07, 6.45) is 0. The number of ether oxygens (including phenoxy) is 1. The maximum absolute atomic E-state index is 11.4. The smallest absolute Gasteiger partial charge is 0.337 e. The number of aryl methyl sites for hydroxylation is 2.